The van der Waals surface area contributed by atoms with E-state index >= 15 is 0 Å². The standard InChI is InChI=1S/C11H18BrN3O/c1-3-9(4-6-12)8-13-11(16)10-5-7-14-15(10)2/h5,7,9H,3-4,6,8H2,1-2H3,(H,13,16). The van der Waals surface area contributed by atoms with E-state index in [0.29, 0.717) is 11.6 Å². The summed E-state index contributed by atoms with van der Waals surface area (Å²) < 4.78 is 1.58. The molecule has 1 atom stereocenters. The van der Waals surface area contributed by atoms with E-state index in [1.807, 2.05) is 0 Å². The van der Waals surface area contributed by atoms with Gasteiger partial charge >= 0.3 is 0 Å². The molecule has 1 heterocycles. The second-order valence-corrected chi connectivity index (χ2v) is 4.60. The Balaban J connectivity index is 2.43. The van der Waals surface area contributed by atoms with Crippen molar-refractivity contribution >= 4 is 21.8 Å². The number of nitrogens with one attached hydrogen (secondary N) is 1. The Hall–Kier alpha value is -0.840. The number of alkyl halides is 1. The molecule has 0 aromatic carbocycles. The van der Waals surface area contributed by atoms with Crippen molar-refractivity contribution < 1.29 is 4.79 Å². The van der Waals surface area contributed by atoms with Gasteiger partial charge in [-0.2, -0.15) is 5.10 Å². The Morgan fingerprint density at radius 2 is 2.44 bits per heavy atom. The first kappa shape index (κ1) is 13.2. The Morgan fingerprint density at radius 1 is 1.69 bits per heavy atom. The number of rotatable bonds is 6. The van der Waals surface area contributed by atoms with Gasteiger partial charge in [0.05, 0.1) is 0 Å². The fourth-order valence-electron chi connectivity index (χ4n) is 1.53. The van der Waals surface area contributed by atoms with Crippen LogP contribution < -0.4 is 5.32 Å². The molecule has 0 aliphatic rings. The number of halogens is 1. The molecule has 1 amide bonds. The van der Waals surface area contributed by atoms with Crippen LogP contribution in [0.1, 0.15) is 30.3 Å². The molecule has 1 aromatic rings. The largest absolute Gasteiger partial charge is 0.350 e. The minimum atomic E-state index is -0.0481. The average Bonchev–Trinajstić information content (AvgIpc) is 2.70. The van der Waals surface area contributed by atoms with Gasteiger partial charge in [0.25, 0.3) is 5.91 Å². The molecule has 0 saturated carbocycles. The average molecular weight is 288 g/mol. The molecule has 4 nitrogen and oxygen atoms in total. The van der Waals surface area contributed by atoms with Gasteiger partial charge in [-0.25, -0.2) is 0 Å². The zero-order valence-corrected chi connectivity index (χ0v) is 11.3. The predicted octanol–water partition coefficient (Wildman–Crippen LogP) is 1.96. The molecular formula is C11H18BrN3O. The van der Waals surface area contributed by atoms with Gasteiger partial charge in [0, 0.05) is 25.1 Å². The molecule has 0 spiro atoms. The first-order valence-electron chi connectivity index (χ1n) is 5.51. The van der Waals surface area contributed by atoms with Crippen LogP contribution >= 0.6 is 15.9 Å². The van der Waals surface area contributed by atoms with E-state index in [4.69, 9.17) is 0 Å². The molecule has 1 unspecified atom stereocenters. The van der Waals surface area contributed by atoms with Crippen molar-refractivity contribution in [3.8, 4) is 0 Å². The van der Waals surface area contributed by atoms with Crippen LogP contribution in [0.3, 0.4) is 0 Å². The summed E-state index contributed by atoms with van der Waals surface area (Å²) in [6, 6.07) is 1.72. The van der Waals surface area contributed by atoms with Crippen LogP contribution in [0.15, 0.2) is 12.3 Å². The molecule has 5 heteroatoms. The van der Waals surface area contributed by atoms with Crippen molar-refractivity contribution in [2.24, 2.45) is 13.0 Å². The van der Waals surface area contributed by atoms with E-state index in [9.17, 15) is 4.79 Å². The second-order valence-electron chi connectivity index (χ2n) is 3.80. The molecule has 0 bridgehead atoms. The fraction of sp³-hybridized carbons (Fsp3) is 0.636. The van der Waals surface area contributed by atoms with Crippen molar-refractivity contribution in [3.63, 3.8) is 0 Å². The maximum Gasteiger partial charge on any atom is 0.269 e. The van der Waals surface area contributed by atoms with Gasteiger partial charge in [0.2, 0.25) is 0 Å². The zero-order valence-electron chi connectivity index (χ0n) is 9.74. The maximum atomic E-state index is 11.8. The number of nitrogens with zero attached hydrogens (tertiary/aromatic N) is 2. The van der Waals surface area contributed by atoms with E-state index in [1.54, 1.807) is 24.0 Å². The van der Waals surface area contributed by atoms with E-state index < -0.39 is 0 Å². The molecule has 0 aliphatic heterocycles. The van der Waals surface area contributed by atoms with Gasteiger partial charge < -0.3 is 5.32 Å². The van der Waals surface area contributed by atoms with Gasteiger partial charge in [-0.05, 0) is 18.4 Å². The van der Waals surface area contributed by atoms with Crippen molar-refractivity contribution in [2.45, 2.75) is 19.8 Å². The van der Waals surface area contributed by atoms with Crippen LogP contribution in [0.25, 0.3) is 0 Å². The number of hydrogen-bond acceptors (Lipinski definition) is 2. The number of aromatic nitrogens is 2. The minimum absolute atomic E-state index is 0.0481. The molecule has 1 aromatic heterocycles. The first-order chi connectivity index (χ1) is 7.69. The Kier molecular flexibility index (Phi) is 5.52. The molecule has 0 radical (unpaired) electrons. The highest BCUT2D eigenvalue weighted by molar-refractivity contribution is 9.09. The third kappa shape index (κ3) is 3.63. The summed E-state index contributed by atoms with van der Waals surface area (Å²) in [5.41, 5.74) is 0.605. The van der Waals surface area contributed by atoms with E-state index in [-0.39, 0.29) is 5.91 Å². The van der Waals surface area contributed by atoms with Crippen LogP contribution in [0.4, 0.5) is 0 Å². The van der Waals surface area contributed by atoms with Crippen LogP contribution in [-0.2, 0) is 7.05 Å². The van der Waals surface area contributed by atoms with E-state index in [0.717, 1.165) is 24.7 Å². The lowest BCUT2D eigenvalue weighted by Gasteiger charge is -2.14. The fourth-order valence-corrected chi connectivity index (χ4v) is 2.18. The molecule has 16 heavy (non-hydrogen) atoms. The SMILES string of the molecule is CCC(CCBr)CNC(=O)c1ccnn1C. The van der Waals surface area contributed by atoms with Crippen molar-refractivity contribution in [3.05, 3.63) is 18.0 Å². The van der Waals surface area contributed by atoms with Crippen LogP contribution in [0.2, 0.25) is 0 Å². The predicted molar refractivity (Wildman–Crippen MR) is 67.7 cm³/mol. The molecular weight excluding hydrogens is 270 g/mol. The Labute approximate surface area is 105 Å². The van der Waals surface area contributed by atoms with Gasteiger partial charge in [0.15, 0.2) is 0 Å². The highest BCUT2D eigenvalue weighted by Gasteiger charge is 2.11. The summed E-state index contributed by atoms with van der Waals surface area (Å²) >= 11 is 3.42. The molecule has 1 N–H and O–H groups in total. The summed E-state index contributed by atoms with van der Waals surface area (Å²) in [7, 11) is 1.77. The maximum absolute atomic E-state index is 11.8. The highest BCUT2D eigenvalue weighted by atomic mass is 79.9. The third-order valence-electron chi connectivity index (χ3n) is 2.70. The lowest BCUT2D eigenvalue weighted by atomic mass is 10.0. The summed E-state index contributed by atoms with van der Waals surface area (Å²) in [5, 5.41) is 7.89. The normalized spacial score (nSPS) is 12.4. The summed E-state index contributed by atoms with van der Waals surface area (Å²) in [4.78, 5) is 11.8. The number of amides is 1. The smallest absolute Gasteiger partial charge is 0.269 e. The van der Waals surface area contributed by atoms with Crippen LogP contribution in [0.5, 0.6) is 0 Å². The lowest BCUT2D eigenvalue weighted by molar-refractivity contribution is 0.0937. The zero-order chi connectivity index (χ0) is 12.0. The van der Waals surface area contributed by atoms with E-state index in [1.165, 1.54) is 0 Å². The molecule has 0 aliphatic carbocycles. The molecule has 1 rings (SSSR count). The molecule has 0 fully saturated rings. The van der Waals surface area contributed by atoms with Gasteiger partial charge in [0.1, 0.15) is 5.69 Å². The monoisotopic (exact) mass is 287 g/mol. The van der Waals surface area contributed by atoms with Gasteiger partial charge in [-0.3, -0.25) is 9.48 Å². The van der Waals surface area contributed by atoms with Crippen molar-refractivity contribution in [1.29, 1.82) is 0 Å². The second kappa shape index (κ2) is 6.68. The first-order valence-corrected chi connectivity index (χ1v) is 6.63. The summed E-state index contributed by atoms with van der Waals surface area (Å²) in [6.07, 6.45) is 3.80. The summed E-state index contributed by atoms with van der Waals surface area (Å²) in [5.74, 6) is 0.490. The minimum Gasteiger partial charge on any atom is -0.350 e. The van der Waals surface area contributed by atoms with Crippen LogP contribution in [0, 0.1) is 5.92 Å². The molecule has 90 valence electrons. The highest BCUT2D eigenvalue weighted by Crippen LogP contribution is 2.08. The Morgan fingerprint density at radius 3 is 2.94 bits per heavy atom. The van der Waals surface area contributed by atoms with Crippen molar-refractivity contribution in [2.75, 3.05) is 11.9 Å². The number of carbonyl (C=O) groups excluding carboxylic acids is 1. The Bertz CT molecular complexity index is 338. The third-order valence-corrected chi connectivity index (χ3v) is 3.16. The lowest BCUT2D eigenvalue weighted by Crippen LogP contribution is -2.30. The quantitative estimate of drug-likeness (QED) is 0.813. The van der Waals surface area contributed by atoms with Gasteiger partial charge in [-0.15, -0.1) is 0 Å². The topological polar surface area (TPSA) is 46.9 Å². The van der Waals surface area contributed by atoms with Crippen LogP contribution in [-0.4, -0.2) is 27.6 Å². The summed E-state index contributed by atoms with van der Waals surface area (Å²) in [6.45, 7) is 2.87. The van der Waals surface area contributed by atoms with Crippen molar-refractivity contribution in [1.82, 2.24) is 15.1 Å². The number of aryl methyl sites for hydroxylation is 1. The number of hydrogen-bond donors (Lipinski definition) is 1. The number of carbonyl (C=O) groups is 1. The van der Waals surface area contributed by atoms with Gasteiger partial charge in [-0.1, -0.05) is 29.3 Å². The molecule has 0 saturated heterocycles. The van der Waals surface area contributed by atoms with E-state index in [2.05, 4.69) is 33.3 Å².